The molecule has 100 valence electrons. The van der Waals surface area contributed by atoms with E-state index in [0.29, 0.717) is 6.04 Å². The van der Waals surface area contributed by atoms with Gasteiger partial charge in [0.05, 0.1) is 18.7 Å². The van der Waals surface area contributed by atoms with Gasteiger partial charge in [0.1, 0.15) is 0 Å². The van der Waals surface area contributed by atoms with Crippen LogP contribution >= 0.6 is 0 Å². The molecule has 0 aromatic carbocycles. The maximum absolute atomic E-state index is 11.7. The van der Waals surface area contributed by atoms with E-state index < -0.39 is 0 Å². The van der Waals surface area contributed by atoms with Crippen LogP contribution < -0.4 is 5.43 Å². The van der Waals surface area contributed by atoms with Crippen molar-refractivity contribution in [3.05, 3.63) is 23.3 Å². The van der Waals surface area contributed by atoms with Crippen molar-refractivity contribution in [2.24, 2.45) is 5.41 Å². The number of carbonyl (C=O) groups excluding carboxylic acids is 1. The number of methoxy groups -OCH3 is 1. The van der Waals surface area contributed by atoms with Gasteiger partial charge in [-0.05, 0) is 17.4 Å². The Morgan fingerprint density at radius 3 is 2.89 bits per heavy atom. The number of esters is 1. The molecule has 1 saturated heterocycles. The molecule has 1 unspecified atom stereocenters. The van der Waals surface area contributed by atoms with Crippen molar-refractivity contribution in [3.63, 3.8) is 0 Å². The number of ether oxygens (including phenoxy) is 1. The number of hydrogen-bond donors (Lipinski definition) is 1. The highest BCUT2D eigenvalue weighted by molar-refractivity contribution is 5.93. The lowest BCUT2D eigenvalue weighted by molar-refractivity contribution is -0.135. The second-order valence-corrected chi connectivity index (χ2v) is 6.11. The molecule has 4 nitrogen and oxygen atoms in total. The summed E-state index contributed by atoms with van der Waals surface area (Å²) in [7, 11) is 1.43. The van der Waals surface area contributed by atoms with Gasteiger partial charge in [0.15, 0.2) is 0 Å². The molecule has 2 rings (SSSR count). The molecule has 18 heavy (non-hydrogen) atoms. The molecule has 1 heterocycles. The molecule has 0 bridgehead atoms. The highest BCUT2D eigenvalue weighted by Crippen LogP contribution is 2.30. The summed E-state index contributed by atoms with van der Waals surface area (Å²) >= 11 is 0. The molecule has 0 amide bonds. The van der Waals surface area contributed by atoms with Crippen LogP contribution in [0.25, 0.3) is 0 Å². The Kier molecular flexibility index (Phi) is 3.59. The van der Waals surface area contributed by atoms with Crippen LogP contribution in [0.4, 0.5) is 0 Å². The van der Waals surface area contributed by atoms with E-state index in [9.17, 15) is 4.79 Å². The molecule has 1 atom stereocenters. The third kappa shape index (κ3) is 2.65. The Bertz CT molecular complexity index is 405. The van der Waals surface area contributed by atoms with Crippen molar-refractivity contribution < 1.29 is 9.53 Å². The molecule has 2 aliphatic rings. The monoisotopic (exact) mass is 250 g/mol. The zero-order valence-electron chi connectivity index (χ0n) is 11.6. The minimum atomic E-state index is -0.231. The van der Waals surface area contributed by atoms with E-state index in [-0.39, 0.29) is 11.4 Å². The molecule has 0 spiro atoms. The van der Waals surface area contributed by atoms with Gasteiger partial charge in [0, 0.05) is 13.1 Å². The predicted octanol–water partition coefficient (Wildman–Crippen LogP) is 1.65. The lowest BCUT2D eigenvalue weighted by Crippen LogP contribution is -2.43. The summed E-state index contributed by atoms with van der Waals surface area (Å²) in [6.07, 6.45) is 4.90. The SMILES string of the molecule is COC(=O)C1=C2CNN(CC(C)(C)C)C2CC=C1. The third-order valence-electron chi connectivity index (χ3n) is 3.29. The zero-order chi connectivity index (χ0) is 13.3. The fourth-order valence-electron chi connectivity index (χ4n) is 2.56. The Morgan fingerprint density at radius 1 is 1.56 bits per heavy atom. The van der Waals surface area contributed by atoms with Crippen molar-refractivity contribution >= 4 is 5.97 Å². The molecule has 1 aliphatic heterocycles. The number of nitrogens with zero attached hydrogens (tertiary/aromatic N) is 1. The minimum absolute atomic E-state index is 0.231. The van der Waals surface area contributed by atoms with Gasteiger partial charge in [0.25, 0.3) is 0 Å². The zero-order valence-corrected chi connectivity index (χ0v) is 11.6. The van der Waals surface area contributed by atoms with E-state index >= 15 is 0 Å². The molecule has 0 radical (unpaired) electrons. The fourth-order valence-corrected chi connectivity index (χ4v) is 2.56. The Labute approximate surface area is 109 Å². The van der Waals surface area contributed by atoms with Crippen LogP contribution in [-0.4, -0.2) is 37.2 Å². The standard InChI is InChI=1S/C14H22N2O2/c1-14(2,3)9-16-12-7-5-6-10(13(17)18-4)11(12)8-15-16/h5-6,12,15H,7-9H2,1-4H3. The van der Waals surface area contributed by atoms with E-state index in [1.165, 1.54) is 7.11 Å². The van der Waals surface area contributed by atoms with Gasteiger partial charge in [-0.2, -0.15) is 0 Å². The highest BCUT2D eigenvalue weighted by atomic mass is 16.5. The van der Waals surface area contributed by atoms with Gasteiger partial charge in [-0.1, -0.05) is 32.9 Å². The van der Waals surface area contributed by atoms with Gasteiger partial charge in [-0.3, -0.25) is 5.43 Å². The van der Waals surface area contributed by atoms with E-state index in [2.05, 4.69) is 37.3 Å². The van der Waals surface area contributed by atoms with Crippen LogP contribution in [0, 0.1) is 5.41 Å². The maximum atomic E-state index is 11.7. The van der Waals surface area contributed by atoms with Gasteiger partial charge in [-0.25, -0.2) is 9.80 Å². The average molecular weight is 250 g/mol. The fraction of sp³-hybridized carbons (Fsp3) is 0.643. The second kappa shape index (κ2) is 4.86. The number of hydrogen-bond acceptors (Lipinski definition) is 4. The van der Waals surface area contributed by atoms with Crippen LogP contribution in [0.15, 0.2) is 23.3 Å². The maximum Gasteiger partial charge on any atom is 0.337 e. The summed E-state index contributed by atoms with van der Waals surface area (Å²) in [6, 6.07) is 0.295. The average Bonchev–Trinajstić information content (AvgIpc) is 2.69. The van der Waals surface area contributed by atoms with Crippen LogP contribution in [-0.2, 0) is 9.53 Å². The van der Waals surface area contributed by atoms with E-state index in [1.807, 2.05) is 6.08 Å². The van der Waals surface area contributed by atoms with Crippen molar-refractivity contribution in [1.82, 2.24) is 10.4 Å². The van der Waals surface area contributed by atoms with Crippen LogP contribution in [0.5, 0.6) is 0 Å². The number of nitrogens with one attached hydrogen (secondary N) is 1. The lowest BCUT2D eigenvalue weighted by atomic mass is 9.91. The number of rotatable bonds is 2. The molecule has 4 heteroatoms. The van der Waals surface area contributed by atoms with Gasteiger partial charge >= 0.3 is 5.97 Å². The number of carbonyl (C=O) groups is 1. The molecule has 1 aliphatic carbocycles. The first-order valence-electron chi connectivity index (χ1n) is 6.40. The second-order valence-electron chi connectivity index (χ2n) is 6.11. The smallest absolute Gasteiger partial charge is 0.337 e. The largest absolute Gasteiger partial charge is 0.465 e. The quantitative estimate of drug-likeness (QED) is 0.757. The molecule has 0 aromatic rings. The topological polar surface area (TPSA) is 41.6 Å². The molecule has 1 N–H and O–H groups in total. The van der Waals surface area contributed by atoms with Gasteiger partial charge in [-0.15, -0.1) is 0 Å². The summed E-state index contributed by atoms with van der Waals surface area (Å²) in [5.74, 6) is -0.231. The van der Waals surface area contributed by atoms with Gasteiger partial charge in [0.2, 0.25) is 0 Å². The summed E-state index contributed by atoms with van der Waals surface area (Å²) in [6.45, 7) is 8.36. The first-order chi connectivity index (χ1) is 8.42. The lowest BCUT2D eigenvalue weighted by Gasteiger charge is -2.31. The number of hydrazine groups is 1. The summed E-state index contributed by atoms with van der Waals surface area (Å²) < 4.78 is 4.84. The van der Waals surface area contributed by atoms with Crippen LogP contribution in [0.1, 0.15) is 27.2 Å². The van der Waals surface area contributed by atoms with Crippen molar-refractivity contribution in [3.8, 4) is 0 Å². The molecular formula is C14H22N2O2. The van der Waals surface area contributed by atoms with Gasteiger partial charge < -0.3 is 4.74 Å². The summed E-state index contributed by atoms with van der Waals surface area (Å²) in [5.41, 5.74) is 5.50. The summed E-state index contributed by atoms with van der Waals surface area (Å²) in [4.78, 5) is 11.7. The first-order valence-corrected chi connectivity index (χ1v) is 6.40. The highest BCUT2D eigenvalue weighted by Gasteiger charge is 2.35. The Balaban J connectivity index is 2.20. The molecule has 0 saturated carbocycles. The molecular weight excluding hydrogens is 228 g/mol. The summed E-state index contributed by atoms with van der Waals surface area (Å²) in [5, 5.41) is 2.25. The minimum Gasteiger partial charge on any atom is -0.465 e. The Morgan fingerprint density at radius 2 is 2.28 bits per heavy atom. The van der Waals surface area contributed by atoms with Crippen LogP contribution in [0.3, 0.4) is 0 Å². The normalized spacial score (nSPS) is 24.3. The predicted molar refractivity (Wildman–Crippen MR) is 70.8 cm³/mol. The van der Waals surface area contributed by atoms with E-state index in [0.717, 1.165) is 30.7 Å². The van der Waals surface area contributed by atoms with Crippen molar-refractivity contribution in [2.75, 3.05) is 20.2 Å². The Hall–Kier alpha value is -1.13. The van der Waals surface area contributed by atoms with Crippen LogP contribution in [0.2, 0.25) is 0 Å². The first kappa shape index (κ1) is 13.3. The molecule has 1 fully saturated rings. The van der Waals surface area contributed by atoms with Crippen molar-refractivity contribution in [2.45, 2.75) is 33.2 Å². The number of fused-ring (bicyclic) bond motifs is 1. The van der Waals surface area contributed by atoms with E-state index in [4.69, 9.17) is 4.74 Å². The third-order valence-corrected chi connectivity index (χ3v) is 3.29. The molecule has 0 aromatic heterocycles. The van der Waals surface area contributed by atoms with E-state index in [1.54, 1.807) is 0 Å². The van der Waals surface area contributed by atoms with Crippen molar-refractivity contribution in [1.29, 1.82) is 0 Å².